The van der Waals surface area contributed by atoms with Crippen molar-refractivity contribution in [3.05, 3.63) is 48.3 Å². The third-order valence-corrected chi connectivity index (χ3v) is 4.19. The van der Waals surface area contributed by atoms with E-state index in [1.807, 2.05) is 37.3 Å². The lowest BCUT2D eigenvalue weighted by Crippen LogP contribution is -2.22. The fraction of sp³-hybridized carbons (Fsp3) is 0.308. The monoisotopic (exact) mass is 279 g/mol. The summed E-state index contributed by atoms with van der Waals surface area (Å²) < 4.78 is 24.4. The molecule has 0 fully saturated rings. The Hall–Kier alpha value is -1.66. The second-order valence-corrected chi connectivity index (χ2v) is 6.62. The van der Waals surface area contributed by atoms with E-state index in [-0.39, 0.29) is 17.0 Å². The predicted octanol–water partition coefficient (Wildman–Crippen LogP) is 1.55. The highest BCUT2D eigenvalue weighted by Crippen LogP contribution is 2.23. The molecule has 0 bridgehead atoms. The first-order chi connectivity index (χ1) is 8.89. The Morgan fingerprint density at radius 2 is 1.89 bits per heavy atom. The summed E-state index contributed by atoms with van der Waals surface area (Å²) in [5.41, 5.74) is 7.17. The van der Waals surface area contributed by atoms with Gasteiger partial charge in [0.25, 0.3) is 0 Å². The van der Waals surface area contributed by atoms with Crippen molar-refractivity contribution in [3.8, 4) is 0 Å². The van der Waals surface area contributed by atoms with Crippen molar-refractivity contribution in [3.63, 3.8) is 0 Å². The van der Waals surface area contributed by atoms with Crippen LogP contribution in [-0.2, 0) is 9.84 Å². The Morgan fingerprint density at radius 1 is 1.26 bits per heavy atom. The van der Waals surface area contributed by atoms with E-state index in [0.717, 1.165) is 11.8 Å². The maximum Gasteiger partial charge on any atom is 0.178 e. The van der Waals surface area contributed by atoms with Crippen molar-refractivity contribution < 1.29 is 8.42 Å². The van der Waals surface area contributed by atoms with Gasteiger partial charge in [0.15, 0.2) is 9.84 Å². The molecule has 0 saturated carbocycles. The van der Waals surface area contributed by atoms with E-state index >= 15 is 0 Å². The maximum atomic E-state index is 11.4. The number of hydrogen-bond donors (Lipinski definition) is 1. The van der Waals surface area contributed by atoms with E-state index in [9.17, 15) is 8.42 Å². The highest BCUT2D eigenvalue weighted by atomic mass is 32.2. The highest BCUT2D eigenvalue weighted by molar-refractivity contribution is 7.90. The fourth-order valence-electron chi connectivity index (χ4n) is 1.85. The Balaban J connectivity index is 2.25. The summed E-state index contributed by atoms with van der Waals surface area (Å²) in [6.07, 6.45) is 4.03. The van der Waals surface area contributed by atoms with Gasteiger partial charge >= 0.3 is 0 Å². The van der Waals surface area contributed by atoms with Crippen LogP contribution in [0.1, 0.15) is 24.6 Å². The van der Waals surface area contributed by atoms with Crippen LogP contribution in [0.4, 0.5) is 0 Å². The molecule has 1 aromatic heterocycles. The van der Waals surface area contributed by atoms with Crippen molar-refractivity contribution in [1.29, 1.82) is 0 Å². The Kier molecular flexibility index (Phi) is 3.73. The van der Waals surface area contributed by atoms with Gasteiger partial charge in [-0.15, -0.1) is 0 Å². The SMILES string of the molecule is CC(C(N)c1ccccc1)n1cc(S(C)(=O)=O)cn1. The summed E-state index contributed by atoms with van der Waals surface area (Å²) in [7, 11) is -3.23. The fourth-order valence-corrected chi connectivity index (χ4v) is 2.39. The Bertz CT molecular complexity index is 650. The number of aromatic nitrogens is 2. The molecule has 1 aromatic carbocycles. The molecule has 2 atom stereocenters. The van der Waals surface area contributed by atoms with E-state index in [1.165, 1.54) is 12.4 Å². The summed E-state index contributed by atoms with van der Waals surface area (Å²) in [4.78, 5) is 0.208. The molecular formula is C13H17N3O2S. The molecule has 0 amide bonds. The summed E-state index contributed by atoms with van der Waals surface area (Å²) in [5.74, 6) is 0. The van der Waals surface area contributed by atoms with E-state index < -0.39 is 9.84 Å². The van der Waals surface area contributed by atoms with Crippen LogP contribution in [0.15, 0.2) is 47.6 Å². The molecule has 6 heteroatoms. The third kappa shape index (κ3) is 3.02. The van der Waals surface area contributed by atoms with Crippen molar-refractivity contribution in [1.82, 2.24) is 9.78 Å². The molecule has 2 unspecified atom stereocenters. The zero-order valence-electron chi connectivity index (χ0n) is 10.9. The van der Waals surface area contributed by atoms with Crippen LogP contribution in [0.25, 0.3) is 0 Å². The molecule has 0 aliphatic carbocycles. The zero-order chi connectivity index (χ0) is 14.0. The van der Waals surface area contributed by atoms with Crippen LogP contribution >= 0.6 is 0 Å². The lowest BCUT2D eigenvalue weighted by atomic mass is 10.0. The molecular weight excluding hydrogens is 262 g/mol. The number of nitrogens with two attached hydrogens (primary N) is 1. The van der Waals surface area contributed by atoms with Crippen LogP contribution in [0.5, 0.6) is 0 Å². The minimum absolute atomic E-state index is 0.127. The predicted molar refractivity (Wildman–Crippen MR) is 73.4 cm³/mol. The molecule has 0 radical (unpaired) electrons. The molecule has 2 N–H and O–H groups in total. The van der Waals surface area contributed by atoms with Crippen LogP contribution in [0.3, 0.4) is 0 Å². The zero-order valence-corrected chi connectivity index (χ0v) is 11.7. The van der Waals surface area contributed by atoms with Gasteiger partial charge in [-0.05, 0) is 12.5 Å². The van der Waals surface area contributed by atoms with E-state index in [2.05, 4.69) is 5.10 Å². The summed E-state index contributed by atoms with van der Waals surface area (Å²) in [6.45, 7) is 1.91. The molecule has 2 aromatic rings. The molecule has 0 spiro atoms. The van der Waals surface area contributed by atoms with Gasteiger partial charge in [0, 0.05) is 12.5 Å². The van der Waals surface area contributed by atoms with Gasteiger partial charge in [-0.25, -0.2) is 8.42 Å². The smallest absolute Gasteiger partial charge is 0.178 e. The number of benzene rings is 1. The van der Waals surface area contributed by atoms with E-state index in [1.54, 1.807) is 4.68 Å². The second-order valence-electron chi connectivity index (χ2n) is 4.61. The van der Waals surface area contributed by atoms with Crippen molar-refractivity contribution >= 4 is 9.84 Å². The van der Waals surface area contributed by atoms with E-state index in [0.29, 0.717) is 0 Å². The van der Waals surface area contributed by atoms with Gasteiger partial charge in [0.1, 0.15) is 4.90 Å². The largest absolute Gasteiger partial charge is 0.322 e. The summed E-state index contributed by atoms with van der Waals surface area (Å²) in [6, 6.07) is 9.30. The molecule has 0 aliphatic heterocycles. The third-order valence-electron chi connectivity index (χ3n) is 3.13. The van der Waals surface area contributed by atoms with E-state index in [4.69, 9.17) is 5.73 Å². The number of hydrogen-bond acceptors (Lipinski definition) is 4. The van der Waals surface area contributed by atoms with Crippen molar-refractivity contribution in [2.45, 2.75) is 23.9 Å². The van der Waals surface area contributed by atoms with Crippen LogP contribution in [0, 0.1) is 0 Å². The Labute approximate surface area is 113 Å². The topological polar surface area (TPSA) is 78.0 Å². The molecule has 2 rings (SSSR count). The Morgan fingerprint density at radius 3 is 2.42 bits per heavy atom. The van der Waals surface area contributed by atoms with Crippen LogP contribution in [0.2, 0.25) is 0 Å². The average Bonchev–Trinajstić information content (AvgIpc) is 2.87. The van der Waals surface area contributed by atoms with Crippen LogP contribution < -0.4 is 5.73 Å². The van der Waals surface area contributed by atoms with Gasteiger partial charge < -0.3 is 5.73 Å². The van der Waals surface area contributed by atoms with Gasteiger partial charge in [-0.1, -0.05) is 30.3 Å². The second kappa shape index (κ2) is 5.14. The lowest BCUT2D eigenvalue weighted by Gasteiger charge is -2.20. The minimum atomic E-state index is -3.23. The minimum Gasteiger partial charge on any atom is -0.322 e. The normalized spacial score (nSPS) is 15.1. The summed E-state index contributed by atoms with van der Waals surface area (Å²) in [5, 5.41) is 4.09. The molecule has 102 valence electrons. The number of nitrogens with zero attached hydrogens (tertiary/aromatic N) is 2. The van der Waals surface area contributed by atoms with Gasteiger partial charge in [-0.2, -0.15) is 5.10 Å². The first-order valence-corrected chi connectivity index (χ1v) is 7.83. The lowest BCUT2D eigenvalue weighted by molar-refractivity contribution is 0.414. The standard InChI is InChI=1S/C13H17N3O2S/c1-10(13(14)11-6-4-3-5-7-11)16-9-12(8-15-16)19(2,17)18/h3-10,13H,14H2,1-2H3. The molecule has 19 heavy (non-hydrogen) atoms. The molecule has 1 heterocycles. The molecule has 0 aliphatic rings. The first kappa shape index (κ1) is 13.8. The number of sulfone groups is 1. The highest BCUT2D eigenvalue weighted by Gasteiger charge is 2.19. The quantitative estimate of drug-likeness (QED) is 0.921. The van der Waals surface area contributed by atoms with Gasteiger partial charge in [0.05, 0.1) is 18.3 Å². The molecule has 5 nitrogen and oxygen atoms in total. The molecule has 0 saturated heterocycles. The number of rotatable bonds is 4. The van der Waals surface area contributed by atoms with Gasteiger partial charge in [-0.3, -0.25) is 4.68 Å². The average molecular weight is 279 g/mol. The van der Waals surface area contributed by atoms with Crippen LogP contribution in [-0.4, -0.2) is 24.5 Å². The first-order valence-electron chi connectivity index (χ1n) is 5.94. The van der Waals surface area contributed by atoms with Gasteiger partial charge in [0.2, 0.25) is 0 Å². The maximum absolute atomic E-state index is 11.4. The summed E-state index contributed by atoms with van der Waals surface area (Å²) >= 11 is 0. The van der Waals surface area contributed by atoms with Crippen molar-refractivity contribution in [2.75, 3.05) is 6.26 Å². The van der Waals surface area contributed by atoms with Crippen molar-refractivity contribution in [2.24, 2.45) is 5.73 Å².